The molecule has 3 unspecified atom stereocenters. The zero-order valence-electron chi connectivity index (χ0n) is 37.5. The summed E-state index contributed by atoms with van der Waals surface area (Å²) < 4.78 is 5.88. The summed E-state index contributed by atoms with van der Waals surface area (Å²) in [5.74, 6) is -0.543. The molecule has 0 aromatic rings. The summed E-state index contributed by atoms with van der Waals surface area (Å²) in [7, 11) is 0. The maximum Gasteiger partial charge on any atom is 0.306 e. The second-order valence-corrected chi connectivity index (χ2v) is 16.2. The summed E-state index contributed by atoms with van der Waals surface area (Å²) in [4.78, 5) is 26.0. The van der Waals surface area contributed by atoms with Gasteiger partial charge in [-0.15, -0.1) is 0 Å². The Kier molecular flexibility index (Phi) is 42.7. The van der Waals surface area contributed by atoms with E-state index < -0.39 is 18.2 Å². The molecular formula is C51H91NO5. The molecule has 1 amide bonds. The van der Waals surface area contributed by atoms with E-state index in [0.29, 0.717) is 19.3 Å². The summed E-state index contributed by atoms with van der Waals surface area (Å²) >= 11 is 0. The number of allylic oxidation sites excluding steroid dienone is 10. The van der Waals surface area contributed by atoms with Crippen molar-refractivity contribution < 1.29 is 24.5 Å². The van der Waals surface area contributed by atoms with Gasteiger partial charge in [-0.1, -0.05) is 204 Å². The molecule has 0 saturated heterocycles. The SMILES string of the molecule is CC/C=C/C=C/C=C\CCCCCC(CC(=O)NC(CO)C(O)CCCCCCCCCCCCC)OC(=O)CCCCC/C=C/C=C/CCCCCCCCC. The zero-order valence-corrected chi connectivity index (χ0v) is 37.5. The Labute approximate surface area is 352 Å². The van der Waals surface area contributed by atoms with Gasteiger partial charge in [0.1, 0.15) is 6.10 Å². The molecule has 57 heavy (non-hydrogen) atoms. The lowest BCUT2D eigenvalue weighted by atomic mass is 10.0. The van der Waals surface area contributed by atoms with Gasteiger partial charge in [0.2, 0.25) is 5.91 Å². The Morgan fingerprint density at radius 3 is 1.46 bits per heavy atom. The number of amides is 1. The summed E-state index contributed by atoms with van der Waals surface area (Å²) in [5.41, 5.74) is 0. The average Bonchev–Trinajstić information content (AvgIpc) is 3.20. The summed E-state index contributed by atoms with van der Waals surface area (Å²) in [6.07, 6.45) is 54.3. The van der Waals surface area contributed by atoms with E-state index in [4.69, 9.17) is 4.74 Å². The number of esters is 1. The van der Waals surface area contributed by atoms with Crippen LogP contribution in [0.2, 0.25) is 0 Å². The second-order valence-electron chi connectivity index (χ2n) is 16.2. The summed E-state index contributed by atoms with van der Waals surface area (Å²) in [6.45, 7) is 6.31. The molecule has 0 heterocycles. The van der Waals surface area contributed by atoms with Gasteiger partial charge in [0.05, 0.1) is 25.2 Å². The molecule has 3 atom stereocenters. The number of carbonyl (C=O) groups is 2. The van der Waals surface area contributed by atoms with E-state index in [1.807, 2.05) is 12.2 Å². The molecule has 0 rings (SSSR count). The molecule has 3 N–H and O–H groups in total. The zero-order chi connectivity index (χ0) is 41.7. The van der Waals surface area contributed by atoms with Crippen molar-refractivity contribution in [1.82, 2.24) is 5.32 Å². The van der Waals surface area contributed by atoms with E-state index >= 15 is 0 Å². The van der Waals surface area contributed by atoms with Crippen molar-refractivity contribution in [3.63, 3.8) is 0 Å². The normalized spacial score (nSPS) is 13.8. The number of hydrogen-bond donors (Lipinski definition) is 3. The number of rotatable bonds is 42. The monoisotopic (exact) mass is 798 g/mol. The van der Waals surface area contributed by atoms with Gasteiger partial charge in [0.15, 0.2) is 0 Å². The lowest BCUT2D eigenvalue weighted by Gasteiger charge is -2.24. The van der Waals surface area contributed by atoms with Gasteiger partial charge in [-0.05, 0) is 70.6 Å². The van der Waals surface area contributed by atoms with E-state index in [9.17, 15) is 19.8 Å². The smallest absolute Gasteiger partial charge is 0.306 e. The highest BCUT2D eigenvalue weighted by Crippen LogP contribution is 2.17. The fourth-order valence-corrected chi connectivity index (χ4v) is 7.01. The first-order valence-electron chi connectivity index (χ1n) is 24.1. The third-order valence-corrected chi connectivity index (χ3v) is 10.7. The number of aliphatic hydroxyl groups is 2. The molecule has 0 aliphatic rings. The van der Waals surface area contributed by atoms with Crippen LogP contribution < -0.4 is 5.32 Å². The van der Waals surface area contributed by atoms with Crippen molar-refractivity contribution in [3.8, 4) is 0 Å². The molecule has 330 valence electrons. The lowest BCUT2D eigenvalue weighted by Crippen LogP contribution is -2.46. The van der Waals surface area contributed by atoms with Crippen molar-refractivity contribution in [3.05, 3.63) is 60.8 Å². The van der Waals surface area contributed by atoms with Crippen LogP contribution in [0.25, 0.3) is 0 Å². The van der Waals surface area contributed by atoms with Crippen molar-refractivity contribution in [2.45, 2.75) is 244 Å². The van der Waals surface area contributed by atoms with E-state index in [-0.39, 0.29) is 24.9 Å². The third kappa shape index (κ3) is 40.1. The predicted molar refractivity (Wildman–Crippen MR) is 245 cm³/mol. The van der Waals surface area contributed by atoms with E-state index in [1.54, 1.807) is 0 Å². The molecule has 0 aromatic heterocycles. The van der Waals surface area contributed by atoms with Crippen LogP contribution >= 0.6 is 0 Å². The van der Waals surface area contributed by atoms with Crippen molar-refractivity contribution >= 4 is 11.9 Å². The number of nitrogens with one attached hydrogen (secondary N) is 1. The van der Waals surface area contributed by atoms with Crippen molar-refractivity contribution in [2.24, 2.45) is 0 Å². The van der Waals surface area contributed by atoms with Gasteiger partial charge in [-0.2, -0.15) is 0 Å². The molecule has 0 aliphatic heterocycles. The Hall–Kier alpha value is -2.44. The minimum Gasteiger partial charge on any atom is -0.462 e. The predicted octanol–water partition coefficient (Wildman–Crippen LogP) is 14.1. The molecule has 0 bridgehead atoms. The molecule has 6 heteroatoms. The van der Waals surface area contributed by atoms with Gasteiger partial charge >= 0.3 is 5.97 Å². The van der Waals surface area contributed by atoms with Gasteiger partial charge in [0.25, 0.3) is 0 Å². The number of ether oxygens (including phenoxy) is 1. The first-order valence-corrected chi connectivity index (χ1v) is 24.1. The van der Waals surface area contributed by atoms with Gasteiger partial charge in [0, 0.05) is 6.42 Å². The van der Waals surface area contributed by atoms with Crippen LogP contribution in [0.5, 0.6) is 0 Å². The van der Waals surface area contributed by atoms with Crippen LogP contribution in [0, 0.1) is 0 Å². The maximum absolute atomic E-state index is 13.1. The van der Waals surface area contributed by atoms with Crippen LogP contribution in [0.3, 0.4) is 0 Å². The van der Waals surface area contributed by atoms with E-state index in [2.05, 4.69) is 74.7 Å². The van der Waals surface area contributed by atoms with E-state index in [1.165, 1.54) is 96.3 Å². The topological polar surface area (TPSA) is 95.9 Å². The molecule has 0 saturated carbocycles. The van der Waals surface area contributed by atoms with Crippen molar-refractivity contribution in [2.75, 3.05) is 6.61 Å². The lowest BCUT2D eigenvalue weighted by molar-refractivity contribution is -0.151. The molecule has 6 nitrogen and oxygen atoms in total. The number of aliphatic hydroxyl groups excluding tert-OH is 2. The first kappa shape index (κ1) is 54.6. The first-order chi connectivity index (χ1) is 28.0. The number of unbranched alkanes of at least 4 members (excludes halogenated alkanes) is 23. The fraction of sp³-hybridized carbons (Fsp3) is 0.765. The largest absolute Gasteiger partial charge is 0.462 e. The van der Waals surface area contributed by atoms with Crippen LogP contribution in [0.4, 0.5) is 0 Å². The maximum atomic E-state index is 13.1. The van der Waals surface area contributed by atoms with Crippen LogP contribution in [0.1, 0.15) is 226 Å². The minimum absolute atomic E-state index is 0.0423. The molecule has 0 aliphatic carbocycles. The van der Waals surface area contributed by atoms with Crippen molar-refractivity contribution in [1.29, 1.82) is 0 Å². The second kappa shape index (κ2) is 44.7. The highest BCUT2D eigenvalue weighted by atomic mass is 16.5. The van der Waals surface area contributed by atoms with E-state index in [0.717, 1.165) is 83.5 Å². The van der Waals surface area contributed by atoms with Gasteiger partial charge in [-0.25, -0.2) is 0 Å². The third-order valence-electron chi connectivity index (χ3n) is 10.7. The molecule has 0 aromatic carbocycles. The van der Waals surface area contributed by atoms with Crippen LogP contribution in [-0.2, 0) is 14.3 Å². The average molecular weight is 798 g/mol. The summed E-state index contributed by atoms with van der Waals surface area (Å²) in [5, 5.41) is 23.6. The standard InChI is InChI=1S/C51H91NO5/c1-4-7-10-13-16-19-22-23-24-25-26-29-32-35-38-41-44-51(56)57-47(42-39-36-33-30-27-20-17-14-11-8-5-2)45-50(55)52-48(46-53)49(54)43-40-37-34-31-28-21-18-15-12-9-6-3/h8,11,14,17,20,24-27,29,47-49,53-54H,4-7,9-10,12-13,15-16,18-19,21-23,28,30-46H2,1-3H3,(H,52,55)/b11-8+,17-14+,25-24+,27-20-,29-26+. The highest BCUT2D eigenvalue weighted by Gasteiger charge is 2.24. The Morgan fingerprint density at radius 2 is 0.947 bits per heavy atom. The Bertz CT molecular complexity index is 1030. The Balaban J connectivity index is 4.64. The number of carbonyl (C=O) groups excluding carboxylic acids is 2. The van der Waals surface area contributed by atoms with Crippen LogP contribution in [-0.4, -0.2) is 46.9 Å². The summed E-state index contributed by atoms with van der Waals surface area (Å²) in [6, 6.07) is -0.718. The number of hydrogen-bond acceptors (Lipinski definition) is 5. The quantitative estimate of drug-likeness (QED) is 0.0325. The van der Waals surface area contributed by atoms with Gasteiger partial charge in [-0.3, -0.25) is 9.59 Å². The van der Waals surface area contributed by atoms with Gasteiger partial charge < -0.3 is 20.3 Å². The molecule has 0 fully saturated rings. The minimum atomic E-state index is -0.801. The molecular weight excluding hydrogens is 707 g/mol. The van der Waals surface area contributed by atoms with Crippen LogP contribution in [0.15, 0.2) is 60.8 Å². The fourth-order valence-electron chi connectivity index (χ4n) is 7.01. The molecule has 0 spiro atoms. The molecule has 0 radical (unpaired) electrons. The highest BCUT2D eigenvalue weighted by molar-refractivity contribution is 5.77. The Morgan fingerprint density at radius 1 is 0.526 bits per heavy atom.